The van der Waals surface area contributed by atoms with E-state index in [0.29, 0.717) is 44.7 Å². The van der Waals surface area contributed by atoms with Crippen LogP contribution in [-0.4, -0.2) is 40.0 Å². The van der Waals surface area contributed by atoms with Crippen molar-refractivity contribution >= 4 is 33.8 Å². The summed E-state index contributed by atoms with van der Waals surface area (Å²) in [5.41, 5.74) is 0.879. The molecule has 6 rings (SSSR count). The quantitative estimate of drug-likeness (QED) is 0.127. The van der Waals surface area contributed by atoms with Gasteiger partial charge in [-0.1, -0.05) is 24.3 Å². The maximum atomic E-state index is 13.7. The highest BCUT2D eigenvalue weighted by atomic mass is 16.6. The van der Waals surface area contributed by atoms with Gasteiger partial charge in [0.25, 0.3) is 11.2 Å². The molecule has 0 atom stereocenters. The first-order chi connectivity index (χ1) is 20.5. The molecule has 0 N–H and O–H groups in total. The summed E-state index contributed by atoms with van der Waals surface area (Å²) >= 11 is 0. The Morgan fingerprint density at radius 2 is 1.74 bits per heavy atom. The Kier molecular flexibility index (Phi) is 6.77. The van der Waals surface area contributed by atoms with Crippen LogP contribution in [-0.2, 0) is 0 Å². The Balaban J connectivity index is 1.48. The minimum Gasteiger partial charge on any atom is -0.496 e. The number of furan rings is 1. The molecule has 0 amide bonds. The number of fused-ring (bicyclic) bond motifs is 2. The van der Waals surface area contributed by atoms with E-state index in [4.69, 9.17) is 23.6 Å². The number of para-hydroxylation sites is 2. The largest absolute Gasteiger partial charge is 0.496 e. The van der Waals surface area contributed by atoms with E-state index in [0.717, 1.165) is 10.9 Å². The van der Waals surface area contributed by atoms with Crippen LogP contribution in [0.4, 0.5) is 5.69 Å². The molecule has 3 aromatic carbocycles. The van der Waals surface area contributed by atoms with Crippen LogP contribution < -0.4 is 19.8 Å². The summed E-state index contributed by atoms with van der Waals surface area (Å²) in [5.74, 6) is 1.79. The molecule has 208 valence electrons. The number of hydrogen-bond acceptors (Lipinski definition) is 10. The predicted octanol–water partition coefficient (Wildman–Crippen LogP) is 5.80. The second-order valence-electron chi connectivity index (χ2n) is 8.89. The molecule has 12 nitrogen and oxygen atoms in total. The summed E-state index contributed by atoms with van der Waals surface area (Å²) in [6.45, 7) is 0. The van der Waals surface area contributed by atoms with Crippen molar-refractivity contribution in [2.24, 2.45) is 5.10 Å². The molecule has 3 aromatic heterocycles. The monoisotopic (exact) mass is 563 g/mol. The van der Waals surface area contributed by atoms with Crippen molar-refractivity contribution in [3.63, 3.8) is 0 Å². The Morgan fingerprint density at radius 1 is 0.952 bits per heavy atom. The molecule has 0 radical (unpaired) electrons. The number of nitrogens with zero attached hydrogens (tertiary/aromatic N) is 5. The second kappa shape index (κ2) is 10.8. The van der Waals surface area contributed by atoms with Gasteiger partial charge in [-0.25, -0.2) is 9.97 Å². The van der Waals surface area contributed by atoms with Gasteiger partial charge < -0.3 is 18.6 Å². The number of rotatable bonds is 8. The molecule has 0 aliphatic carbocycles. The number of nitro groups is 1. The van der Waals surface area contributed by atoms with Crippen LogP contribution in [0, 0.1) is 10.1 Å². The van der Waals surface area contributed by atoms with E-state index < -0.39 is 10.5 Å². The average molecular weight is 564 g/mol. The molecule has 0 unspecified atom stereocenters. The lowest BCUT2D eigenvalue weighted by Crippen LogP contribution is -2.20. The van der Waals surface area contributed by atoms with Gasteiger partial charge in [-0.2, -0.15) is 9.78 Å². The minimum atomic E-state index is -0.553. The zero-order chi connectivity index (χ0) is 29.2. The topological polar surface area (TPSA) is 144 Å². The molecule has 0 bridgehead atoms. The molecule has 0 saturated carbocycles. The van der Waals surface area contributed by atoms with Crippen molar-refractivity contribution < 1.29 is 23.6 Å². The lowest BCUT2D eigenvalue weighted by atomic mass is 10.2. The van der Waals surface area contributed by atoms with Gasteiger partial charge in [-0.3, -0.25) is 14.9 Å². The first-order valence-corrected chi connectivity index (χ1v) is 12.5. The van der Waals surface area contributed by atoms with Gasteiger partial charge in [-0.15, -0.1) is 0 Å². The van der Waals surface area contributed by atoms with Crippen LogP contribution in [0.1, 0.15) is 5.56 Å². The van der Waals surface area contributed by atoms with Crippen molar-refractivity contribution in [2.75, 3.05) is 14.2 Å². The minimum absolute atomic E-state index is 0.0983. The number of hydrogen-bond donors (Lipinski definition) is 0. The fraction of sp³-hybridized carbons (Fsp3) is 0.0667. The number of aromatic nitrogens is 3. The van der Waals surface area contributed by atoms with E-state index in [1.165, 1.54) is 25.5 Å². The Hall–Kier alpha value is -6.04. The number of benzene rings is 3. The van der Waals surface area contributed by atoms with Crippen molar-refractivity contribution in [3.05, 3.63) is 111 Å². The van der Waals surface area contributed by atoms with Crippen LogP contribution in [0.15, 0.2) is 99.4 Å². The normalized spacial score (nSPS) is 11.3. The molecule has 42 heavy (non-hydrogen) atoms. The SMILES string of the molecule is COc1cccc(C=Nn2c(-c3cc4c(OC)cccc4o3)nc3ccccc3c2=O)c1Oc1ccc([N+](=O)[O-])cn1. The second-order valence-corrected chi connectivity index (χ2v) is 8.89. The lowest BCUT2D eigenvalue weighted by Gasteiger charge is -2.12. The highest BCUT2D eigenvalue weighted by Gasteiger charge is 2.19. The van der Waals surface area contributed by atoms with E-state index in [-0.39, 0.29) is 23.1 Å². The van der Waals surface area contributed by atoms with Crippen molar-refractivity contribution in [1.29, 1.82) is 0 Å². The summed E-state index contributed by atoms with van der Waals surface area (Å²) < 4.78 is 24.1. The maximum Gasteiger partial charge on any atom is 0.287 e. The zero-order valence-corrected chi connectivity index (χ0v) is 22.3. The first-order valence-electron chi connectivity index (χ1n) is 12.5. The van der Waals surface area contributed by atoms with Gasteiger partial charge >= 0.3 is 0 Å². The van der Waals surface area contributed by atoms with Crippen molar-refractivity contribution in [1.82, 2.24) is 14.6 Å². The average Bonchev–Trinajstić information content (AvgIpc) is 3.46. The summed E-state index contributed by atoms with van der Waals surface area (Å²) in [5, 5.41) is 16.6. The lowest BCUT2D eigenvalue weighted by molar-refractivity contribution is -0.385. The first kappa shape index (κ1) is 26.2. The fourth-order valence-electron chi connectivity index (χ4n) is 4.38. The fourth-order valence-corrected chi connectivity index (χ4v) is 4.38. The van der Waals surface area contributed by atoms with Gasteiger partial charge in [0, 0.05) is 17.7 Å². The summed E-state index contributed by atoms with van der Waals surface area (Å²) in [4.78, 5) is 32.9. The molecule has 0 saturated heterocycles. The molecular formula is C30H21N5O7. The van der Waals surface area contributed by atoms with E-state index in [2.05, 4.69) is 10.1 Å². The van der Waals surface area contributed by atoms with E-state index in [9.17, 15) is 14.9 Å². The van der Waals surface area contributed by atoms with Gasteiger partial charge in [-0.05, 0) is 42.5 Å². The van der Waals surface area contributed by atoms with Crippen LogP contribution in [0.5, 0.6) is 23.1 Å². The maximum absolute atomic E-state index is 13.7. The van der Waals surface area contributed by atoms with Gasteiger partial charge in [0.2, 0.25) is 11.7 Å². The van der Waals surface area contributed by atoms with Crippen LogP contribution >= 0.6 is 0 Å². The van der Waals surface area contributed by atoms with Gasteiger partial charge in [0.15, 0.2) is 17.3 Å². The summed E-state index contributed by atoms with van der Waals surface area (Å²) in [7, 11) is 3.04. The molecule has 0 aliphatic rings. The number of ether oxygens (including phenoxy) is 3. The summed E-state index contributed by atoms with van der Waals surface area (Å²) in [6, 6.07) is 21.9. The zero-order valence-electron chi connectivity index (χ0n) is 22.3. The molecule has 0 fully saturated rings. The third kappa shape index (κ3) is 4.77. The van der Waals surface area contributed by atoms with Crippen LogP contribution in [0.3, 0.4) is 0 Å². The van der Waals surface area contributed by atoms with Gasteiger partial charge in [0.1, 0.15) is 17.5 Å². The van der Waals surface area contributed by atoms with Gasteiger partial charge in [0.05, 0.1) is 41.6 Å². The number of pyridine rings is 1. The van der Waals surface area contributed by atoms with E-state index in [1.807, 2.05) is 6.07 Å². The summed E-state index contributed by atoms with van der Waals surface area (Å²) in [6.07, 6.45) is 2.52. The molecule has 0 aliphatic heterocycles. The Morgan fingerprint density at radius 3 is 2.50 bits per heavy atom. The molecule has 0 spiro atoms. The molecular weight excluding hydrogens is 542 g/mol. The molecule has 12 heteroatoms. The van der Waals surface area contributed by atoms with Crippen LogP contribution in [0.2, 0.25) is 0 Å². The standard InChI is InChI=1S/C30H21N5O7/c1-39-23-10-6-11-24-21(23)15-26(41-24)29-33-22-9-4-3-8-20(22)30(36)34(29)32-16-18-7-5-12-25(40-2)28(18)42-27-14-13-19(17-31-27)35(37)38/h3-17H,1-2H3. The Bertz CT molecular complexity index is 2050. The van der Waals surface area contributed by atoms with Crippen LogP contribution in [0.25, 0.3) is 33.5 Å². The third-order valence-corrected chi connectivity index (χ3v) is 6.40. The number of methoxy groups -OCH3 is 2. The smallest absolute Gasteiger partial charge is 0.287 e. The predicted molar refractivity (Wildman–Crippen MR) is 155 cm³/mol. The highest BCUT2D eigenvalue weighted by Crippen LogP contribution is 2.35. The highest BCUT2D eigenvalue weighted by molar-refractivity contribution is 5.89. The molecule has 6 aromatic rings. The van der Waals surface area contributed by atoms with E-state index in [1.54, 1.807) is 67.8 Å². The molecule has 3 heterocycles. The third-order valence-electron chi connectivity index (χ3n) is 6.40. The Labute approximate surface area is 237 Å². The van der Waals surface area contributed by atoms with Crippen molar-refractivity contribution in [3.8, 4) is 34.7 Å². The van der Waals surface area contributed by atoms with Crippen molar-refractivity contribution in [2.45, 2.75) is 0 Å². The van der Waals surface area contributed by atoms with E-state index >= 15 is 0 Å².